The molecule has 0 saturated carbocycles. The van der Waals surface area contributed by atoms with Crippen LogP contribution in [0.1, 0.15) is 35.5 Å². The van der Waals surface area contributed by atoms with Crippen LogP contribution in [0.4, 0.5) is 0 Å². The van der Waals surface area contributed by atoms with E-state index in [1.165, 1.54) is 12.1 Å². The van der Waals surface area contributed by atoms with Crippen molar-refractivity contribution < 1.29 is 17.9 Å². The van der Waals surface area contributed by atoms with Gasteiger partial charge in [0, 0.05) is 24.3 Å². The van der Waals surface area contributed by atoms with Crippen LogP contribution in [0, 0.1) is 0 Å². The zero-order chi connectivity index (χ0) is 22.3. The molecule has 0 spiro atoms. The van der Waals surface area contributed by atoms with Gasteiger partial charge in [0.15, 0.2) is 0 Å². The highest BCUT2D eigenvalue weighted by molar-refractivity contribution is 7.89. The second kappa shape index (κ2) is 10.2. The summed E-state index contributed by atoms with van der Waals surface area (Å²) in [5, 5.41) is 2.81. The molecule has 3 aromatic rings. The third-order valence-corrected chi connectivity index (χ3v) is 5.92. The molecule has 0 aliphatic heterocycles. The Morgan fingerprint density at radius 1 is 1.03 bits per heavy atom. The number of hydrogen-bond donors (Lipinski definition) is 2. The third kappa shape index (κ3) is 6.63. The lowest BCUT2D eigenvalue weighted by Gasteiger charge is -2.11. The van der Waals surface area contributed by atoms with Crippen LogP contribution in [0.2, 0.25) is 0 Å². The zero-order valence-corrected chi connectivity index (χ0v) is 18.2. The maximum atomic E-state index is 12.5. The number of rotatable bonds is 9. The summed E-state index contributed by atoms with van der Waals surface area (Å²) in [7, 11) is -3.67. The van der Waals surface area contributed by atoms with E-state index in [-0.39, 0.29) is 29.0 Å². The van der Waals surface area contributed by atoms with Gasteiger partial charge in [-0.3, -0.25) is 9.78 Å². The Morgan fingerprint density at radius 3 is 2.58 bits per heavy atom. The first-order valence-corrected chi connectivity index (χ1v) is 11.3. The van der Waals surface area contributed by atoms with Crippen molar-refractivity contribution in [2.45, 2.75) is 37.9 Å². The Hall–Kier alpha value is -3.23. The Bertz CT molecular complexity index is 1130. The molecule has 0 unspecified atom stereocenters. The van der Waals surface area contributed by atoms with Gasteiger partial charge in [-0.1, -0.05) is 24.3 Å². The number of carbonyl (C=O) groups excluding carboxylic acids is 1. The van der Waals surface area contributed by atoms with Gasteiger partial charge in [-0.2, -0.15) is 0 Å². The maximum absolute atomic E-state index is 12.5. The van der Waals surface area contributed by atoms with Crippen LogP contribution in [-0.2, 0) is 23.2 Å². The van der Waals surface area contributed by atoms with Gasteiger partial charge >= 0.3 is 0 Å². The third-order valence-electron chi connectivity index (χ3n) is 4.26. The standard InChI is InChI=1S/C23H25N3O4S/c1-17(2)26-31(28,29)22-11-6-8-19(14-22)23(27)25-15-18-7-5-10-21(13-18)30-16-20-9-3-4-12-24-20/h3-14,17,26H,15-16H2,1-2H3,(H,25,27). The van der Waals surface area contributed by atoms with E-state index < -0.39 is 10.0 Å². The van der Waals surface area contributed by atoms with Crippen LogP contribution < -0.4 is 14.8 Å². The summed E-state index contributed by atoms with van der Waals surface area (Å²) >= 11 is 0. The topological polar surface area (TPSA) is 97.4 Å². The molecule has 2 N–H and O–H groups in total. The molecular weight excluding hydrogens is 414 g/mol. The molecular formula is C23H25N3O4S. The number of aromatic nitrogens is 1. The second-order valence-electron chi connectivity index (χ2n) is 7.24. The van der Waals surface area contributed by atoms with Crippen LogP contribution >= 0.6 is 0 Å². The molecule has 31 heavy (non-hydrogen) atoms. The number of nitrogens with one attached hydrogen (secondary N) is 2. The zero-order valence-electron chi connectivity index (χ0n) is 17.4. The van der Waals surface area contributed by atoms with Gasteiger partial charge in [-0.05, 0) is 61.9 Å². The van der Waals surface area contributed by atoms with Gasteiger partial charge in [0.1, 0.15) is 12.4 Å². The highest BCUT2D eigenvalue weighted by atomic mass is 32.2. The Kier molecular flexibility index (Phi) is 7.38. The minimum atomic E-state index is -3.67. The largest absolute Gasteiger partial charge is 0.487 e. The quantitative estimate of drug-likeness (QED) is 0.533. The van der Waals surface area contributed by atoms with Crippen LogP contribution in [0.15, 0.2) is 77.8 Å². The summed E-state index contributed by atoms with van der Waals surface area (Å²) < 4.78 is 32.9. The lowest BCUT2D eigenvalue weighted by Crippen LogP contribution is -2.30. The fourth-order valence-electron chi connectivity index (χ4n) is 2.85. The fourth-order valence-corrected chi connectivity index (χ4v) is 4.15. The molecule has 0 saturated heterocycles. The van der Waals surface area contributed by atoms with E-state index in [4.69, 9.17) is 4.74 Å². The first-order valence-electron chi connectivity index (χ1n) is 9.86. The molecule has 2 aromatic carbocycles. The second-order valence-corrected chi connectivity index (χ2v) is 8.96. The van der Waals surface area contributed by atoms with Crippen LogP contribution in [0.25, 0.3) is 0 Å². The Balaban J connectivity index is 1.61. The van der Waals surface area contributed by atoms with Crippen molar-refractivity contribution in [2.75, 3.05) is 0 Å². The number of nitrogens with zero attached hydrogens (tertiary/aromatic N) is 1. The molecule has 0 bridgehead atoms. The van der Waals surface area contributed by atoms with Crippen LogP contribution in [0.3, 0.4) is 0 Å². The van der Waals surface area contributed by atoms with Crippen molar-refractivity contribution in [3.63, 3.8) is 0 Å². The minimum Gasteiger partial charge on any atom is -0.487 e. The number of benzene rings is 2. The summed E-state index contributed by atoms with van der Waals surface area (Å²) in [6, 6.07) is 18.8. The number of pyridine rings is 1. The molecule has 0 radical (unpaired) electrons. The first-order chi connectivity index (χ1) is 14.8. The highest BCUT2D eigenvalue weighted by Crippen LogP contribution is 2.16. The highest BCUT2D eigenvalue weighted by Gasteiger charge is 2.17. The molecule has 7 nitrogen and oxygen atoms in total. The molecule has 8 heteroatoms. The molecule has 1 amide bonds. The molecule has 0 fully saturated rings. The summed E-state index contributed by atoms with van der Waals surface area (Å²) in [5.74, 6) is 0.312. The number of hydrogen-bond acceptors (Lipinski definition) is 5. The van der Waals surface area contributed by atoms with Gasteiger partial charge < -0.3 is 10.1 Å². The average Bonchev–Trinajstić information content (AvgIpc) is 2.76. The number of sulfonamides is 1. The SMILES string of the molecule is CC(C)NS(=O)(=O)c1cccc(C(=O)NCc2cccc(OCc3ccccn3)c2)c1. The van der Waals surface area contributed by atoms with Crippen molar-refractivity contribution in [1.29, 1.82) is 0 Å². The van der Waals surface area contributed by atoms with E-state index in [2.05, 4.69) is 15.0 Å². The predicted molar refractivity (Wildman–Crippen MR) is 118 cm³/mol. The van der Waals surface area contributed by atoms with Gasteiger partial charge in [-0.25, -0.2) is 13.1 Å². The summed E-state index contributed by atoms with van der Waals surface area (Å²) in [6.07, 6.45) is 1.71. The van der Waals surface area contributed by atoms with E-state index in [1.54, 1.807) is 32.2 Å². The van der Waals surface area contributed by atoms with Gasteiger partial charge in [0.05, 0.1) is 10.6 Å². The number of carbonyl (C=O) groups is 1. The van der Waals surface area contributed by atoms with Crippen molar-refractivity contribution in [2.24, 2.45) is 0 Å². The van der Waals surface area contributed by atoms with Gasteiger partial charge in [0.25, 0.3) is 5.91 Å². The maximum Gasteiger partial charge on any atom is 0.251 e. The fraction of sp³-hybridized carbons (Fsp3) is 0.217. The minimum absolute atomic E-state index is 0.0544. The van der Waals surface area contributed by atoms with E-state index in [1.807, 2.05) is 42.5 Å². The molecule has 0 atom stereocenters. The normalized spacial score (nSPS) is 11.3. The molecule has 1 aromatic heterocycles. The monoisotopic (exact) mass is 439 g/mol. The molecule has 0 aliphatic carbocycles. The summed E-state index contributed by atoms with van der Waals surface area (Å²) in [6.45, 7) is 4.10. The van der Waals surface area contributed by atoms with Crippen LogP contribution in [0.5, 0.6) is 5.75 Å². The lowest BCUT2D eigenvalue weighted by molar-refractivity contribution is 0.0950. The van der Waals surface area contributed by atoms with Gasteiger partial charge in [-0.15, -0.1) is 0 Å². The summed E-state index contributed by atoms with van der Waals surface area (Å²) in [5.41, 5.74) is 1.95. The van der Waals surface area contributed by atoms with Crippen LogP contribution in [-0.4, -0.2) is 25.4 Å². The van der Waals surface area contributed by atoms with Crippen molar-refractivity contribution in [3.05, 3.63) is 89.7 Å². The number of amides is 1. The Labute approximate surface area is 182 Å². The molecule has 3 rings (SSSR count). The molecule has 1 heterocycles. The van der Waals surface area contributed by atoms with E-state index >= 15 is 0 Å². The van der Waals surface area contributed by atoms with E-state index in [0.717, 1.165) is 11.3 Å². The predicted octanol–water partition coefficient (Wildman–Crippen LogP) is 3.28. The van der Waals surface area contributed by atoms with Gasteiger partial charge in [0.2, 0.25) is 10.0 Å². The van der Waals surface area contributed by atoms with E-state index in [0.29, 0.717) is 12.4 Å². The first kappa shape index (κ1) is 22.5. The van der Waals surface area contributed by atoms with Crippen molar-refractivity contribution >= 4 is 15.9 Å². The Morgan fingerprint density at radius 2 is 1.84 bits per heavy atom. The van der Waals surface area contributed by atoms with E-state index in [9.17, 15) is 13.2 Å². The number of ether oxygens (including phenoxy) is 1. The molecule has 162 valence electrons. The molecule has 0 aliphatic rings. The summed E-state index contributed by atoms with van der Waals surface area (Å²) in [4.78, 5) is 16.8. The lowest BCUT2D eigenvalue weighted by atomic mass is 10.2. The smallest absolute Gasteiger partial charge is 0.251 e. The van der Waals surface area contributed by atoms with Crippen molar-refractivity contribution in [1.82, 2.24) is 15.0 Å². The average molecular weight is 440 g/mol. The van der Waals surface area contributed by atoms with Crippen molar-refractivity contribution in [3.8, 4) is 5.75 Å².